The second-order valence-electron chi connectivity index (χ2n) is 8.86. The number of halogens is 1. The smallest absolute Gasteiger partial charge is 0.267 e. The molecule has 0 bridgehead atoms. The van der Waals surface area contributed by atoms with Crippen molar-refractivity contribution < 1.29 is 17.9 Å². The van der Waals surface area contributed by atoms with Gasteiger partial charge in [0.1, 0.15) is 5.75 Å². The molecule has 0 saturated carbocycles. The van der Waals surface area contributed by atoms with Gasteiger partial charge in [0.05, 0.1) is 27.8 Å². The third-order valence-electron chi connectivity index (χ3n) is 5.45. The Morgan fingerprint density at radius 3 is 2.36 bits per heavy atom. The molecule has 6 nitrogen and oxygen atoms in total. The minimum atomic E-state index is -3.94. The molecule has 172 valence electrons. The van der Waals surface area contributed by atoms with E-state index < -0.39 is 22.0 Å². The van der Waals surface area contributed by atoms with Gasteiger partial charge in [-0.3, -0.25) is 9.10 Å². The number of fused-ring (bicyclic) bond motifs is 1. The molecular weight excluding hydrogens is 460 g/mol. The second kappa shape index (κ2) is 8.72. The maximum absolute atomic E-state index is 13.6. The number of carbonyl (C=O) groups is 1. The standard InChI is InChI=1S/C25H25ClN2O4S/c1-25(2,3)17-13-14-22-21(15-17)28(33(30,31)18-9-5-4-6-10-18)16-23(32-22)24(29)27-20-12-8-7-11-19(20)26/h4-15,23H,16H2,1-3H3,(H,27,29)/t23-/m1/s1. The summed E-state index contributed by atoms with van der Waals surface area (Å²) in [6.45, 7) is 5.98. The monoisotopic (exact) mass is 484 g/mol. The van der Waals surface area contributed by atoms with Crippen molar-refractivity contribution in [3.05, 3.63) is 83.4 Å². The summed E-state index contributed by atoms with van der Waals surface area (Å²) in [7, 11) is -3.94. The van der Waals surface area contributed by atoms with Gasteiger partial charge in [-0.15, -0.1) is 0 Å². The maximum Gasteiger partial charge on any atom is 0.267 e. The summed E-state index contributed by atoms with van der Waals surface area (Å²) in [5, 5.41) is 3.12. The van der Waals surface area contributed by atoms with E-state index in [1.807, 2.05) is 32.9 Å². The zero-order valence-corrected chi connectivity index (χ0v) is 20.2. The van der Waals surface area contributed by atoms with Crippen LogP contribution < -0.4 is 14.4 Å². The highest BCUT2D eigenvalue weighted by atomic mass is 35.5. The molecule has 1 aliphatic rings. The lowest BCUT2D eigenvalue weighted by Crippen LogP contribution is -2.49. The number of para-hydroxylation sites is 1. The molecule has 0 aliphatic carbocycles. The van der Waals surface area contributed by atoms with Crippen LogP contribution in [0.15, 0.2) is 77.7 Å². The van der Waals surface area contributed by atoms with Crippen molar-refractivity contribution >= 4 is 38.9 Å². The molecule has 0 saturated heterocycles. The Kier molecular flexibility index (Phi) is 6.12. The molecule has 8 heteroatoms. The first-order chi connectivity index (χ1) is 15.6. The molecule has 0 aromatic heterocycles. The highest BCUT2D eigenvalue weighted by Crippen LogP contribution is 2.40. The summed E-state index contributed by atoms with van der Waals surface area (Å²) in [5.74, 6) is -0.157. The Labute approximate surface area is 199 Å². The van der Waals surface area contributed by atoms with Crippen LogP contribution in [0.3, 0.4) is 0 Å². The first-order valence-electron chi connectivity index (χ1n) is 10.5. The predicted octanol–water partition coefficient (Wildman–Crippen LogP) is 5.23. The number of nitrogens with zero attached hydrogens (tertiary/aromatic N) is 1. The largest absolute Gasteiger partial charge is 0.476 e. The average Bonchev–Trinajstić information content (AvgIpc) is 2.79. The molecule has 0 unspecified atom stereocenters. The Hall–Kier alpha value is -3.03. The maximum atomic E-state index is 13.6. The summed E-state index contributed by atoms with van der Waals surface area (Å²) >= 11 is 6.17. The summed E-state index contributed by atoms with van der Waals surface area (Å²) in [6, 6.07) is 20.4. The summed E-state index contributed by atoms with van der Waals surface area (Å²) in [4.78, 5) is 13.2. The van der Waals surface area contributed by atoms with E-state index in [4.69, 9.17) is 16.3 Å². The fourth-order valence-corrected chi connectivity index (χ4v) is 5.25. The van der Waals surface area contributed by atoms with Crippen molar-refractivity contribution in [3.8, 4) is 5.75 Å². The van der Waals surface area contributed by atoms with E-state index >= 15 is 0 Å². The number of amides is 1. The number of nitrogens with one attached hydrogen (secondary N) is 1. The van der Waals surface area contributed by atoms with Crippen LogP contribution in [0.2, 0.25) is 5.02 Å². The fourth-order valence-electron chi connectivity index (χ4n) is 3.58. The minimum absolute atomic E-state index is 0.143. The van der Waals surface area contributed by atoms with E-state index in [9.17, 15) is 13.2 Å². The van der Waals surface area contributed by atoms with Gasteiger partial charge in [0.2, 0.25) is 0 Å². The zero-order valence-electron chi connectivity index (χ0n) is 18.6. The predicted molar refractivity (Wildman–Crippen MR) is 131 cm³/mol. The number of carbonyl (C=O) groups excluding carboxylic acids is 1. The summed E-state index contributed by atoms with van der Waals surface area (Å²) < 4.78 is 34.4. The van der Waals surface area contributed by atoms with Gasteiger partial charge in [-0.25, -0.2) is 8.42 Å². The van der Waals surface area contributed by atoms with Crippen LogP contribution in [0.5, 0.6) is 5.75 Å². The molecule has 0 radical (unpaired) electrons. The Morgan fingerprint density at radius 1 is 1.03 bits per heavy atom. The first-order valence-corrected chi connectivity index (χ1v) is 12.3. The Bertz CT molecular complexity index is 1290. The van der Waals surface area contributed by atoms with E-state index in [1.165, 1.54) is 16.4 Å². The molecule has 1 amide bonds. The number of rotatable bonds is 4. The van der Waals surface area contributed by atoms with Crippen molar-refractivity contribution in [1.82, 2.24) is 0 Å². The average molecular weight is 485 g/mol. The number of benzene rings is 3. The third-order valence-corrected chi connectivity index (χ3v) is 7.57. The highest BCUT2D eigenvalue weighted by Gasteiger charge is 2.38. The lowest BCUT2D eigenvalue weighted by Gasteiger charge is -2.36. The van der Waals surface area contributed by atoms with Crippen LogP contribution in [0.1, 0.15) is 26.3 Å². The van der Waals surface area contributed by atoms with E-state index in [0.29, 0.717) is 22.1 Å². The Morgan fingerprint density at radius 2 is 1.70 bits per heavy atom. The van der Waals surface area contributed by atoms with Gasteiger partial charge < -0.3 is 10.1 Å². The molecule has 33 heavy (non-hydrogen) atoms. The molecule has 1 aliphatic heterocycles. The van der Waals surface area contributed by atoms with Gasteiger partial charge >= 0.3 is 0 Å². The van der Waals surface area contributed by atoms with E-state index in [1.54, 1.807) is 48.5 Å². The molecular formula is C25H25ClN2O4S. The van der Waals surface area contributed by atoms with Crippen LogP contribution in [0, 0.1) is 0 Å². The second-order valence-corrected chi connectivity index (χ2v) is 11.1. The van der Waals surface area contributed by atoms with Crippen LogP contribution in [-0.4, -0.2) is 27.0 Å². The highest BCUT2D eigenvalue weighted by molar-refractivity contribution is 7.92. The van der Waals surface area contributed by atoms with Gasteiger partial charge in [0.15, 0.2) is 6.10 Å². The quantitative estimate of drug-likeness (QED) is 0.550. The van der Waals surface area contributed by atoms with Crippen LogP contribution in [-0.2, 0) is 20.2 Å². The van der Waals surface area contributed by atoms with Crippen molar-refractivity contribution in [1.29, 1.82) is 0 Å². The lowest BCUT2D eigenvalue weighted by molar-refractivity contribution is -0.122. The van der Waals surface area contributed by atoms with Gasteiger partial charge in [-0.2, -0.15) is 0 Å². The molecule has 4 rings (SSSR count). The first kappa shape index (κ1) is 23.1. The number of ether oxygens (including phenoxy) is 1. The molecule has 0 spiro atoms. The lowest BCUT2D eigenvalue weighted by atomic mass is 9.86. The van der Waals surface area contributed by atoms with E-state index in [0.717, 1.165) is 5.56 Å². The van der Waals surface area contributed by atoms with Crippen LogP contribution >= 0.6 is 11.6 Å². The van der Waals surface area contributed by atoms with Crippen LogP contribution in [0.4, 0.5) is 11.4 Å². The molecule has 3 aromatic rings. The molecule has 1 atom stereocenters. The summed E-state index contributed by atoms with van der Waals surface area (Å²) in [6.07, 6.45) is -1.06. The van der Waals surface area contributed by atoms with Crippen molar-refractivity contribution in [2.24, 2.45) is 0 Å². The minimum Gasteiger partial charge on any atom is -0.476 e. The molecule has 1 N–H and O–H groups in total. The zero-order chi connectivity index (χ0) is 23.8. The van der Waals surface area contributed by atoms with E-state index in [-0.39, 0.29) is 16.9 Å². The van der Waals surface area contributed by atoms with Crippen molar-refractivity contribution in [2.75, 3.05) is 16.2 Å². The van der Waals surface area contributed by atoms with Crippen molar-refractivity contribution in [2.45, 2.75) is 37.2 Å². The van der Waals surface area contributed by atoms with Crippen molar-refractivity contribution in [3.63, 3.8) is 0 Å². The normalized spacial score (nSPS) is 16.0. The van der Waals surface area contributed by atoms with E-state index in [2.05, 4.69) is 5.32 Å². The topological polar surface area (TPSA) is 75.7 Å². The number of hydrogen-bond donors (Lipinski definition) is 1. The van der Waals surface area contributed by atoms with Gasteiger partial charge in [-0.05, 0) is 47.4 Å². The number of anilines is 2. The van der Waals surface area contributed by atoms with Gasteiger partial charge in [0, 0.05) is 0 Å². The Balaban J connectivity index is 1.75. The van der Waals surface area contributed by atoms with Crippen LogP contribution in [0.25, 0.3) is 0 Å². The van der Waals surface area contributed by atoms with Gasteiger partial charge in [-0.1, -0.05) is 68.8 Å². The SMILES string of the molecule is CC(C)(C)c1ccc2c(c1)N(S(=O)(=O)c1ccccc1)C[C@H](C(=O)Nc1ccccc1Cl)O2. The summed E-state index contributed by atoms with van der Waals surface area (Å²) in [5.41, 5.74) is 1.60. The van der Waals surface area contributed by atoms with Gasteiger partial charge in [0.25, 0.3) is 15.9 Å². The number of sulfonamides is 1. The third kappa shape index (κ3) is 4.70. The fraction of sp³-hybridized carbons (Fsp3) is 0.240. The molecule has 3 aromatic carbocycles. The molecule has 1 heterocycles. The molecule has 0 fully saturated rings. The number of hydrogen-bond acceptors (Lipinski definition) is 4.